The van der Waals surface area contributed by atoms with Crippen molar-refractivity contribution in [2.45, 2.75) is 38.2 Å². The van der Waals surface area contributed by atoms with Crippen LogP contribution < -0.4 is 0 Å². The molecule has 0 unspecified atom stereocenters. The van der Waals surface area contributed by atoms with Gasteiger partial charge in [-0.25, -0.2) is 9.59 Å². The highest BCUT2D eigenvalue weighted by molar-refractivity contribution is 8.14. The van der Waals surface area contributed by atoms with E-state index in [1.165, 1.54) is 4.90 Å². The third kappa shape index (κ3) is 4.52. The molecular weight excluding hydrogens is 502 g/mol. The molecule has 4 heterocycles. The molecule has 1 aromatic rings. The third-order valence-corrected chi connectivity index (χ3v) is 9.43. The second-order valence-corrected chi connectivity index (χ2v) is 11.9. The van der Waals surface area contributed by atoms with Crippen LogP contribution >= 0.6 is 23.5 Å². The summed E-state index contributed by atoms with van der Waals surface area (Å²) >= 11 is 3.35. The van der Waals surface area contributed by atoms with Crippen LogP contribution in [0.2, 0.25) is 0 Å². The Kier molecular flexibility index (Phi) is 7.06. The van der Waals surface area contributed by atoms with E-state index in [2.05, 4.69) is 9.89 Å². The fourth-order valence-corrected chi connectivity index (χ4v) is 7.41. The van der Waals surface area contributed by atoms with Gasteiger partial charge < -0.3 is 24.4 Å². The maximum atomic E-state index is 13.2. The van der Waals surface area contributed by atoms with Crippen LogP contribution in [-0.4, -0.2) is 87.5 Å². The molecular formula is C25H29N3O6S2. The van der Waals surface area contributed by atoms with Crippen LogP contribution in [0.1, 0.15) is 29.8 Å². The van der Waals surface area contributed by atoms with Crippen LogP contribution in [0.4, 0.5) is 0 Å². The SMILES string of the molecule is Cc1ccc(C(=O)OCOC(=O)C2=C(SC3CN(C4=NCCS4)C3)[C@H](C)[C@@H]3[C@@H]([C@@H](C)O)C(=O)N23)cc1. The number of amides is 1. The number of aliphatic imine (C=N–C) groups is 1. The van der Waals surface area contributed by atoms with Gasteiger partial charge in [-0.2, -0.15) is 0 Å². The van der Waals surface area contributed by atoms with Gasteiger partial charge in [-0.15, -0.1) is 11.8 Å². The molecule has 0 aliphatic carbocycles. The Morgan fingerprint density at radius 3 is 2.56 bits per heavy atom. The number of carbonyl (C=O) groups excluding carboxylic acids is 3. The lowest BCUT2D eigenvalue weighted by atomic mass is 9.79. The van der Waals surface area contributed by atoms with E-state index in [4.69, 9.17) is 9.47 Å². The molecule has 2 saturated heterocycles. The fourth-order valence-electron chi connectivity index (χ4n) is 5.01. The van der Waals surface area contributed by atoms with Crippen LogP contribution in [0, 0.1) is 18.8 Å². The average molecular weight is 532 g/mol. The van der Waals surface area contributed by atoms with Gasteiger partial charge in [0.05, 0.1) is 30.2 Å². The minimum atomic E-state index is -0.810. The molecule has 0 aromatic heterocycles. The number of esters is 2. The van der Waals surface area contributed by atoms with Gasteiger partial charge in [0, 0.05) is 34.9 Å². The van der Waals surface area contributed by atoms with Crippen LogP contribution in [0.15, 0.2) is 39.9 Å². The first-order valence-electron chi connectivity index (χ1n) is 12.0. The highest BCUT2D eigenvalue weighted by atomic mass is 32.2. The molecule has 1 N–H and O–H groups in total. The fraction of sp³-hybridized carbons (Fsp3) is 0.520. The number of ether oxygens (including phenoxy) is 2. The summed E-state index contributed by atoms with van der Waals surface area (Å²) in [7, 11) is 0. The molecule has 0 radical (unpaired) electrons. The molecule has 0 spiro atoms. The standard InChI is InChI=1S/C25H29N3O6S2/c1-13-4-6-16(7-5-13)23(31)33-12-34-24(32)20-21(14(2)19-18(15(3)29)22(30)28(19)20)36-17-10-27(11-17)25-26-8-9-35-25/h4-7,14-15,17-19,29H,8-12H2,1-3H3/t14-,15-,18-,19-/m1/s1. The van der Waals surface area contributed by atoms with Gasteiger partial charge in [-0.05, 0) is 26.0 Å². The quantitative estimate of drug-likeness (QED) is 0.322. The minimum absolute atomic E-state index is 0.114. The number of benzene rings is 1. The number of thioether (sulfide) groups is 2. The molecule has 9 nitrogen and oxygen atoms in total. The summed E-state index contributed by atoms with van der Waals surface area (Å²) in [5, 5.41) is 11.5. The minimum Gasteiger partial charge on any atom is -0.424 e. The van der Waals surface area contributed by atoms with E-state index in [1.807, 2.05) is 13.8 Å². The Hall–Kier alpha value is -2.50. The molecule has 4 aliphatic rings. The number of fused-ring (bicyclic) bond motifs is 1. The van der Waals surface area contributed by atoms with Gasteiger partial charge in [0.1, 0.15) is 5.70 Å². The largest absolute Gasteiger partial charge is 0.424 e. The molecule has 0 bridgehead atoms. The summed E-state index contributed by atoms with van der Waals surface area (Å²) in [5.74, 6) is -1.24. The van der Waals surface area contributed by atoms with E-state index < -0.39 is 30.8 Å². The molecule has 0 saturated carbocycles. The Bertz CT molecular complexity index is 1130. The summed E-state index contributed by atoms with van der Waals surface area (Å²) < 4.78 is 10.4. The zero-order chi connectivity index (χ0) is 25.6. The Morgan fingerprint density at radius 2 is 1.92 bits per heavy atom. The highest BCUT2D eigenvalue weighted by Gasteiger charge is 2.60. The van der Waals surface area contributed by atoms with E-state index in [0.29, 0.717) is 5.56 Å². The Balaban J connectivity index is 1.27. The second kappa shape index (κ2) is 10.1. The lowest BCUT2D eigenvalue weighted by molar-refractivity contribution is -0.166. The van der Waals surface area contributed by atoms with Crippen LogP contribution in [0.3, 0.4) is 0 Å². The second-order valence-electron chi connectivity index (χ2n) is 9.47. The molecule has 5 rings (SSSR count). The summed E-state index contributed by atoms with van der Waals surface area (Å²) in [6.45, 7) is 7.43. The maximum Gasteiger partial charge on any atom is 0.358 e. The number of aryl methyl sites for hydroxylation is 1. The van der Waals surface area contributed by atoms with E-state index in [-0.39, 0.29) is 28.8 Å². The lowest BCUT2D eigenvalue weighted by Gasteiger charge is -2.46. The zero-order valence-electron chi connectivity index (χ0n) is 20.4. The maximum absolute atomic E-state index is 13.2. The predicted molar refractivity (Wildman–Crippen MR) is 137 cm³/mol. The number of hydrogen-bond acceptors (Lipinski definition) is 10. The molecule has 1 amide bonds. The van der Waals surface area contributed by atoms with E-state index in [0.717, 1.165) is 41.0 Å². The number of amidine groups is 1. The molecule has 4 aliphatic heterocycles. The summed E-state index contributed by atoms with van der Waals surface area (Å²) in [6, 6.07) is 6.59. The number of nitrogens with zero attached hydrogens (tertiary/aromatic N) is 3. The monoisotopic (exact) mass is 531 g/mol. The Labute approximate surface area is 218 Å². The summed E-state index contributed by atoms with van der Waals surface area (Å²) in [6.07, 6.45) is -0.810. The van der Waals surface area contributed by atoms with Gasteiger partial charge in [-0.3, -0.25) is 9.79 Å². The van der Waals surface area contributed by atoms with Crippen molar-refractivity contribution in [3.05, 3.63) is 46.0 Å². The molecule has 11 heteroatoms. The van der Waals surface area contributed by atoms with Gasteiger partial charge in [0.2, 0.25) is 12.7 Å². The topological polar surface area (TPSA) is 109 Å². The number of aliphatic hydroxyl groups is 1. The van der Waals surface area contributed by atoms with E-state index in [9.17, 15) is 19.5 Å². The summed E-state index contributed by atoms with van der Waals surface area (Å²) in [5.41, 5.74) is 1.58. The first-order valence-corrected chi connectivity index (χ1v) is 13.9. The number of hydrogen-bond donors (Lipinski definition) is 1. The number of rotatable bonds is 7. The van der Waals surface area contributed by atoms with Crippen molar-refractivity contribution in [3.63, 3.8) is 0 Å². The zero-order valence-corrected chi connectivity index (χ0v) is 22.0. The normalized spacial score (nSPS) is 26.3. The molecule has 4 atom stereocenters. The predicted octanol–water partition coefficient (Wildman–Crippen LogP) is 2.24. The van der Waals surface area contributed by atoms with E-state index in [1.54, 1.807) is 54.7 Å². The van der Waals surface area contributed by atoms with Crippen molar-refractivity contribution < 1.29 is 29.0 Å². The van der Waals surface area contributed by atoms with Crippen molar-refractivity contribution >= 4 is 46.5 Å². The van der Waals surface area contributed by atoms with Crippen molar-refractivity contribution in [3.8, 4) is 0 Å². The number of β-lactam (4-membered cyclic amide) rings is 1. The number of aliphatic hydroxyl groups excluding tert-OH is 1. The van der Waals surface area contributed by atoms with Crippen molar-refractivity contribution in [2.24, 2.45) is 16.8 Å². The van der Waals surface area contributed by atoms with Crippen LogP contribution in [-0.2, 0) is 19.1 Å². The summed E-state index contributed by atoms with van der Waals surface area (Å²) in [4.78, 5) is 47.3. The number of carbonyl (C=O) groups is 3. The molecule has 192 valence electrons. The van der Waals surface area contributed by atoms with Gasteiger partial charge in [0.15, 0.2) is 5.17 Å². The first kappa shape index (κ1) is 25.2. The molecule has 36 heavy (non-hydrogen) atoms. The smallest absolute Gasteiger partial charge is 0.358 e. The molecule has 2 fully saturated rings. The number of likely N-dealkylation sites (tertiary alicyclic amines) is 1. The third-order valence-electron chi connectivity index (χ3n) is 6.95. The van der Waals surface area contributed by atoms with Gasteiger partial charge >= 0.3 is 11.9 Å². The molecule has 1 aromatic carbocycles. The first-order chi connectivity index (χ1) is 17.3. The average Bonchev–Trinajstić information content (AvgIpc) is 3.41. The lowest BCUT2D eigenvalue weighted by Crippen LogP contribution is -2.63. The van der Waals surface area contributed by atoms with Crippen molar-refractivity contribution in [2.75, 3.05) is 32.2 Å². The van der Waals surface area contributed by atoms with Crippen molar-refractivity contribution in [1.82, 2.24) is 9.80 Å². The van der Waals surface area contributed by atoms with E-state index >= 15 is 0 Å². The van der Waals surface area contributed by atoms with Gasteiger partial charge in [0.25, 0.3) is 0 Å². The van der Waals surface area contributed by atoms with Crippen LogP contribution in [0.5, 0.6) is 0 Å². The Morgan fingerprint density at radius 1 is 1.22 bits per heavy atom. The van der Waals surface area contributed by atoms with Crippen LogP contribution in [0.25, 0.3) is 0 Å². The van der Waals surface area contributed by atoms with Crippen molar-refractivity contribution in [1.29, 1.82) is 0 Å². The highest BCUT2D eigenvalue weighted by Crippen LogP contribution is 2.52. The van der Waals surface area contributed by atoms with Gasteiger partial charge in [-0.1, -0.05) is 36.4 Å².